The zero-order valence-corrected chi connectivity index (χ0v) is 13.9. The van der Waals surface area contributed by atoms with Crippen LogP contribution in [0.3, 0.4) is 0 Å². The van der Waals surface area contributed by atoms with Crippen LogP contribution in [0.15, 0.2) is 30.5 Å². The third kappa shape index (κ3) is 3.42. The molecule has 0 atom stereocenters. The number of carbonyl (C=O) groups excluding carboxylic acids is 1. The molecule has 0 spiro atoms. The molecule has 1 aliphatic heterocycles. The summed E-state index contributed by atoms with van der Waals surface area (Å²) in [6.45, 7) is 1.78. The van der Waals surface area contributed by atoms with Crippen LogP contribution in [0.2, 0.25) is 0 Å². The van der Waals surface area contributed by atoms with Gasteiger partial charge in [0.2, 0.25) is 0 Å². The molecule has 2 aromatic rings. The van der Waals surface area contributed by atoms with Crippen molar-refractivity contribution in [3.63, 3.8) is 0 Å². The summed E-state index contributed by atoms with van der Waals surface area (Å²) in [6.07, 6.45) is 3.69. The van der Waals surface area contributed by atoms with Gasteiger partial charge in [-0.15, -0.1) is 15.3 Å². The number of carbonyl (C=O) groups is 1. The topological polar surface area (TPSA) is 87.1 Å². The summed E-state index contributed by atoms with van der Waals surface area (Å²) >= 11 is 0. The first-order valence-corrected chi connectivity index (χ1v) is 8.00. The van der Waals surface area contributed by atoms with E-state index in [4.69, 9.17) is 0 Å². The Kier molecular flexibility index (Phi) is 4.83. The van der Waals surface area contributed by atoms with Gasteiger partial charge in [0.1, 0.15) is 0 Å². The van der Waals surface area contributed by atoms with Crippen molar-refractivity contribution < 1.29 is 4.79 Å². The molecule has 0 bridgehead atoms. The van der Waals surface area contributed by atoms with Gasteiger partial charge < -0.3 is 15.1 Å². The first-order chi connectivity index (χ1) is 11.7. The summed E-state index contributed by atoms with van der Waals surface area (Å²) in [5, 5.41) is 18.8. The molecule has 3 rings (SSSR count). The van der Waals surface area contributed by atoms with Gasteiger partial charge in [0, 0.05) is 39.4 Å². The number of nitrogens with one attached hydrogen (secondary N) is 1. The minimum atomic E-state index is -0.224. The number of amides is 1. The average Bonchev–Trinajstić information content (AvgIpc) is 2.68. The molecular weight excluding hydrogens is 306 g/mol. The van der Waals surface area contributed by atoms with Crippen molar-refractivity contribution in [1.82, 2.24) is 25.7 Å². The number of piperidine rings is 1. The number of hydrogen-bond donors (Lipinski definition) is 1. The molecule has 1 amide bonds. The van der Waals surface area contributed by atoms with E-state index in [0.29, 0.717) is 11.7 Å². The van der Waals surface area contributed by atoms with Crippen LogP contribution in [0, 0.1) is 0 Å². The Labute approximate surface area is 140 Å². The van der Waals surface area contributed by atoms with Gasteiger partial charge in [-0.3, -0.25) is 4.79 Å². The van der Waals surface area contributed by atoms with E-state index in [1.807, 2.05) is 18.2 Å². The molecule has 126 valence electrons. The maximum Gasteiger partial charge on any atom is 0.271 e. The average molecular weight is 327 g/mol. The van der Waals surface area contributed by atoms with Crippen LogP contribution >= 0.6 is 0 Å². The Morgan fingerprint density at radius 3 is 2.58 bits per heavy atom. The second-order valence-electron chi connectivity index (χ2n) is 5.77. The molecule has 1 fully saturated rings. The standard InChI is InChI=1S/C16H21N7O/c1-17-16(24)13-5-6-15(21-19-13)23-10-7-12(8-11-23)22(2)14-4-3-9-18-20-14/h3-6,9,12H,7-8,10-11H2,1-2H3,(H,17,24). The van der Waals surface area contributed by atoms with Gasteiger partial charge in [-0.05, 0) is 37.1 Å². The predicted octanol–water partition coefficient (Wildman–Crippen LogP) is 0.731. The fraction of sp³-hybridized carbons (Fsp3) is 0.438. The lowest BCUT2D eigenvalue weighted by molar-refractivity contribution is 0.0957. The van der Waals surface area contributed by atoms with Gasteiger partial charge in [0.25, 0.3) is 5.91 Å². The van der Waals surface area contributed by atoms with Crippen molar-refractivity contribution in [1.29, 1.82) is 0 Å². The van der Waals surface area contributed by atoms with Gasteiger partial charge in [0.05, 0.1) is 0 Å². The van der Waals surface area contributed by atoms with E-state index in [1.54, 1.807) is 19.3 Å². The smallest absolute Gasteiger partial charge is 0.271 e. The number of hydrogen-bond acceptors (Lipinski definition) is 7. The summed E-state index contributed by atoms with van der Waals surface area (Å²) in [5.74, 6) is 1.48. The highest BCUT2D eigenvalue weighted by Gasteiger charge is 2.24. The maximum absolute atomic E-state index is 11.5. The summed E-state index contributed by atoms with van der Waals surface area (Å²) in [7, 11) is 3.64. The molecule has 0 saturated carbocycles. The van der Waals surface area contributed by atoms with Gasteiger partial charge in [0.15, 0.2) is 17.3 Å². The molecule has 0 aliphatic carbocycles. The van der Waals surface area contributed by atoms with E-state index in [9.17, 15) is 4.79 Å². The highest BCUT2D eigenvalue weighted by molar-refractivity contribution is 5.91. The lowest BCUT2D eigenvalue weighted by Gasteiger charge is -2.37. The Hall–Kier alpha value is -2.77. The first kappa shape index (κ1) is 16.1. The second kappa shape index (κ2) is 7.20. The fourth-order valence-corrected chi connectivity index (χ4v) is 2.89. The Morgan fingerprint density at radius 2 is 2.00 bits per heavy atom. The van der Waals surface area contributed by atoms with E-state index in [-0.39, 0.29) is 5.91 Å². The van der Waals surface area contributed by atoms with Crippen LogP contribution in [0.25, 0.3) is 0 Å². The molecule has 3 heterocycles. The van der Waals surface area contributed by atoms with Gasteiger partial charge in [-0.2, -0.15) is 5.10 Å². The Balaban J connectivity index is 1.60. The largest absolute Gasteiger partial charge is 0.355 e. The lowest BCUT2D eigenvalue weighted by Crippen LogP contribution is -2.44. The minimum Gasteiger partial charge on any atom is -0.355 e. The number of rotatable bonds is 4. The van der Waals surface area contributed by atoms with Crippen LogP contribution in [0.4, 0.5) is 11.6 Å². The van der Waals surface area contributed by atoms with Crippen molar-refractivity contribution in [3.05, 3.63) is 36.2 Å². The molecule has 8 nitrogen and oxygen atoms in total. The number of anilines is 2. The third-order valence-corrected chi connectivity index (χ3v) is 4.37. The molecule has 1 saturated heterocycles. The molecule has 0 unspecified atom stereocenters. The van der Waals surface area contributed by atoms with Crippen molar-refractivity contribution in [2.75, 3.05) is 37.0 Å². The zero-order chi connectivity index (χ0) is 16.9. The van der Waals surface area contributed by atoms with E-state index < -0.39 is 0 Å². The van der Waals surface area contributed by atoms with E-state index in [0.717, 1.165) is 37.6 Å². The van der Waals surface area contributed by atoms with Crippen molar-refractivity contribution in [2.24, 2.45) is 0 Å². The molecule has 0 aromatic carbocycles. The SMILES string of the molecule is CNC(=O)c1ccc(N2CCC(N(C)c3cccnn3)CC2)nn1. The van der Waals surface area contributed by atoms with E-state index in [1.165, 1.54) is 0 Å². The summed E-state index contributed by atoms with van der Waals surface area (Å²) in [5.41, 5.74) is 0.332. The highest BCUT2D eigenvalue weighted by atomic mass is 16.1. The van der Waals surface area contributed by atoms with Crippen molar-refractivity contribution >= 4 is 17.5 Å². The van der Waals surface area contributed by atoms with Gasteiger partial charge >= 0.3 is 0 Å². The highest BCUT2D eigenvalue weighted by Crippen LogP contribution is 2.22. The first-order valence-electron chi connectivity index (χ1n) is 8.00. The molecule has 8 heteroatoms. The Bertz CT molecular complexity index is 669. The molecule has 24 heavy (non-hydrogen) atoms. The normalized spacial score (nSPS) is 15.2. The quantitative estimate of drug-likeness (QED) is 0.886. The molecule has 1 N–H and O–H groups in total. The van der Waals surface area contributed by atoms with E-state index in [2.05, 4.69) is 42.6 Å². The fourth-order valence-electron chi connectivity index (χ4n) is 2.89. The zero-order valence-electron chi connectivity index (χ0n) is 13.9. The van der Waals surface area contributed by atoms with Crippen LogP contribution in [0.5, 0.6) is 0 Å². The van der Waals surface area contributed by atoms with Crippen LogP contribution in [-0.2, 0) is 0 Å². The van der Waals surface area contributed by atoms with E-state index >= 15 is 0 Å². The maximum atomic E-state index is 11.5. The van der Waals surface area contributed by atoms with Crippen molar-refractivity contribution in [2.45, 2.75) is 18.9 Å². The summed E-state index contributed by atoms with van der Waals surface area (Å²) in [6, 6.07) is 7.86. The Morgan fingerprint density at radius 1 is 1.21 bits per heavy atom. The molecule has 1 aliphatic rings. The third-order valence-electron chi connectivity index (χ3n) is 4.37. The lowest BCUT2D eigenvalue weighted by atomic mass is 10.0. The summed E-state index contributed by atoms with van der Waals surface area (Å²) < 4.78 is 0. The molecular formula is C16H21N7O. The van der Waals surface area contributed by atoms with Crippen LogP contribution in [0.1, 0.15) is 23.3 Å². The molecule has 0 radical (unpaired) electrons. The number of aromatic nitrogens is 4. The minimum absolute atomic E-state index is 0.224. The second-order valence-corrected chi connectivity index (χ2v) is 5.77. The van der Waals surface area contributed by atoms with Gasteiger partial charge in [-0.25, -0.2) is 0 Å². The monoisotopic (exact) mass is 327 g/mol. The number of nitrogens with zero attached hydrogens (tertiary/aromatic N) is 6. The summed E-state index contributed by atoms with van der Waals surface area (Å²) in [4.78, 5) is 15.9. The van der Waals surface area contributed by atoms with Gasteiger partial charge in [-0.1, -0.05) is 0 Å². The van der Waals surface area contributed by atoms with Crippen LogP contribution < -0.4 is 15.1 Å². The molecule has 2 aromatic heterocycles. The van der Waals surface area contributed by atoms with Crippen LogP contribution in [-0.4, -0.2) is 59.5 Å². The predicted molar refractivity (Wildman–Crippen MR) is 91.1 cm³/mol. The van der Waals surface area contributed by atoms with Crippen molar-refractivity contribution in [3.8, 4) is 0 Å².